The molecule has 0 atom stereocenters. The maximum atomic E-state index is 13.1. The number of nitrogens with zero attached hydrogens (tertiary/aromatic N) is 2. The summed E-state index contributed by atoms with van der Waals surface area (Å²) < 4.78 is 0. The molecule has 0 bridgehead atoms. The summed E-state index contributed by atoms with van der Waals surface area (Å²) in [7, 11) is 0. The third kappa shape index (κ3) is 4.23. The summed E-state index contributed by atoms with van der Waals surface area (Å²) in [5, 5.41) is 24.8. The fourth-order valence-electron chi connectivity index (χ4n) is 3.38. The molecule has 1 aromatic heterocycles. The maximum Gasteiger partial charge on any atom is 0.272 e. The average molecular weight is 411 g/mol. The second-order valence-electron chi connectivity index (χ2n) is 6.99. The zero-order valence-electron chi connectivity index (χ0n) is 16.9. The van der Waals surface area contributed by atoms with Crippen molar-refractivity contribution < 1.29 is 15.0 Å². The molecule has 0 fully saturated rings. The topological polar surface area (TPSA) is 94.8 Å². The largest absolute Gasteiger partial charge is 0.508 e. The van der Waals surface area contributed by atoms with Crippen LogP contribution >= 0.6 is 0 Å². The van der Waals surface area contributed by atoms with Crippen molar-refractivity contribution in [3.05, 3.63) is 90.0 Å². The number of rotatable bonds is 5. The number of aromatic nitrogens is 1. The van der Waals surface area contributed by atoms with Gasteiger partial charge in [0, 0.05) is 16.5 Å². The minimum Gasteiger partial charge on any atom is -0.508 e. The summed E-state index contributed by atoms with van der Waals surface area (Å²) in [5.74, 6) is -0.400. The van der Waals surface area contributed by atoms with E-state index < -0.39 is 0 Å². The first kappa shape index (κ1) is 20.1. The molecule has 3 aromatic carbocycles. The van der Waals surface area contributed by atoms with Gasteiger partial charge in [0.1, 0.15) is 11.5 Å². The van der Waals surface area contributed by atoms with E-state index in [1.807, 2.05) is 61.5 Å². The number of carbonyl (C=O) groups excluding carboxylic acids is 1. The zero-order chi connectivity index (χ0) is 21.8. The number of phenols is 2. The third-order valence-corrected chi connectivity index (χ3v) is 4.95. The van der Waals surface area contributed by atoms with Gasteiger partial charge in [-0.2, -0.15) is 5.10 Å². The van der Waals surface area contributed by atoms with Crippen LogP contribution in [0.2, 0.25) is 0 Å². The van der Waals surface area contributed by atoms with Gasteiger partial charge in [-0.1, -0.05) is 55.5 Å². The van der Waals surface area contributed by atoms with E-state index in [4.69, 9.17) is 4.98 Å². The number of pyridine rings is 1. The Morgan fingerprint density at radius 2 is 1.68 bits per heavy atom. The van der Waals surface area contributed by atoms with E-state index in [1.165, 1.54) is 18.2 Å². The van der Waals surface area contributed by atoms with E-state index in [0.717, 1.165) is 5.56 Å². The molecule has 3 N–H and O–H groups in total. The van der Waals surface area contributed by atoms with Gasteiger partial charge in [0.05, 0.1) is 22.5 Å². The van der Waals surface area contributed by atoms with E-state index in [-0.39, 0.29) is 17.4 Å². The van der Waals surface area contributed by atoms with Gasteiger partial charge < -0.3 is 10.2 Å². The van der Waals surface area contributed by atoms with E-state index in [0.29, 0.717) is 39.9 Å². The molecule has 0 spiro atoms. The highest BCUT2D eigenvalue weighted by Crippen LogP contribution is 2.26. The van der Waals surface area contributed by atoms with Crippen LogP contribution in [0.3, 0.4) is 0 Å². The number of benzene rings is 3. The van der Waals surface area contributed by atoms with Gasteiger partial charge in [0.2, 0.25) is 0 Å². The molecule has 6 heteroatoms. The fourth-order valence-corrected chi connectivity index (χ4v) is 3.38. The van der Waals surface area contributed by atoms with Crippen LogP contribution in [0, 0.1) is 0 Å². The SMILES string of the molecule is CC/C(=N/NC(=O)c1cc(-c2ccccc2)nc2ccccc12)c1cc(O)ccc1O. The number of hydrogen-bond donors (Lipinski definition) is 3. The normalized spacial score (nSPS) is 11.5. The highest BCUT2D eigenvalue weighted by Gasteiger charge is 2.15. The van der Waals surface area contributed by atoms with Crippen LogP contribution in [0.25, 0.3) is 22.2 Å². The Morgan fingerprint density at radius 1 is 0.935 bits per heavy atom. The molecule has 31 heavy (non-hydrogen) atoms. The van der Waals surface area contributed by atoms with Crippen molar-refractivity contribution in [2.24, 2.45) is 5.10 Å². The second-order valence-corrected chi connectivity index (χ2v) is 6.99. The van der Waals surface area contributed by atoms with Crippen molar-refractivity contribution in [3.63, 3.8) is 0 Å². The smallest absolute Gasteiger partial charge is 0.272 e. The molecular formula is C25H21N3O3. The fraction of sp³-hybridized carbons (Fsp3) is 0.0800. The molecule has 0 aliphatic carbocycles. The van der Waals surface area contributed by atoms with Crippen LogP contribution in [-0.2, 0) is 0 Å². The molecule has 0 saturated carbocycles. The number of fused-ring (bicyclic) bond motifs is 1. The molecule has 4 rings (SSSR count). The minimum absolute atomic E-state index is 0.00732. The number of para-hydroxylation sites is 1. The van der Waals surface area contributed by atoms with Gasteiger partial charge in [0.25, 0.3) is 5.91 Å². The molecule has 1 amide bonds. The molecule has 6 nitrogen and oxygen atoms in total. The number of amides is 1. The molecule has 0 aliphatic heterocycles. The standard InChI is InChI=1S/C25H21N3O3/c1-2-21(20-14-17(29)12-13-24(20)30)27-28-25(31)19-15-23(16-8-4-3-5-9-16)26-22-11-7-6-10-18(19)22/h3-15,29-30H,2H2,1H3,(H,28,31)/b27-21-. The van der Waals surface area contributed by atoms with Crippen LogP contribution < -0.4 is 5.43 Å². The van der Waals surface area contributed by atoms with E-state index in [1.54, 1.807) is 6.07 Å². The van der Waals surface area contributed by atoms with Crippen molar-refractivity contribution in [2.45, 2.75) is 13.3 Å². The van der Waals surface area contributed by atoms with Crippen LogP contribution in [0.4, 0.5) is 0 Å². The summed E-state index contributed by atoms with van der Waals surface area (Å²) in [5.41, 5.74) is 6.16. The Balaban J connectivity index is 1.73. The van der Waals surface area contributed by atoms with E-state index in [2.05, 4.69) is 10.5 Å². The monoisotopic (exact) mass is 411 g/mol. The van der Waals surface area contributed by atoms with Gasteiger partial charge in [0.15, 0.2) is 0 Å². The van der Waals surface area contributed by atoms with Crippen LogP contribution in [0.5, 0.6) is 11.5 Å². The van der Waals surface area contributed by atoms with Crippen LogP contribution in [-0.4, -0.2) is 26.8 Å². The lowest BCUT2D eigenvalue weighted by Crippen LogP contribution is -2.20. The predicted molar refractivity (Wildman–Crippen MR) is 121 cm³/mol. The van der Waals surface area contributed by atoms with Crippen molar-refractivity contribution in [1.82, 2.24) is 10.4 Å². The van der Waals surface area contributed by atoms with Crippen molar-refractivity contribution in [2.75, 3.05) is 0 Å². The first-order chi connectivity index (χ1) is 15.1. The number of aromatic hydroxyl groups is 2. The van der Waals surface area contributed by atoms with Crippen LogP contribution in [0.1, 0.15) is 29.3 Å². The average Bonchev–Trinajstić information content (AvgIpc) is 2.81. The molecule has 0 aliphatic rings. The minimum atomic E-state index is -0.388. The lowest BCUT2D eigenvalue weighted by molar-refractivity contribution is 0.0956. The lowest BCUT2D eigenvalue weighted by atomic mass is 10.0. The molecule has 154 valence electrons. The summed E-state index contributed by atoms with van der Waals surface area (Å²) >= 11 is 0. The summed E-state index contributed by atoms with van der Waals surface area (Å²) in [4.78, 5) is 17.8. The third-order valence-electron chi connectivity index (χ3n) is 4.95. The molecule has 0 unspecified atom stereocenters. The Labute approximate surface area is 179 Å². The van der Waals surface area contributed by atoms with E-state index in [9.17, 15) is 15.0 Å². The maximum absolute atomic E-state index is 13.1. The first-order valence-electron chi connectivity index (χ1n) is 9.91. The van der Waals surface area contributed by atoms with Crippen molar-refractivity contribution in [1.29, 1.82) is 0 Å². The summed E-state index contributed by atoms with van der Waals surface area (Å²) in [6, 6.07) is 23.0. The molecule has 0 radical (unpaired) electrons. The summed E-state index contributed by atoms with van der Waals surface area (Å²) in [6.07, 6.45) is 0.448. The number of nitrogens with one attached hydrogen (secondary N) is 1. The van der Waals surface area contributed by atoms with Gasteiger partial charge in [-0.25, -0.2) is 10.4 Å². The number of hydrogen-bond acceptors (Lipinski definition) is 5. The lowest BCUT2D eigenvalue weighted by Gasteiger charge is -2.11. The Hall–Kier alpha value is -4.19. The molecular weight excluding hydrogens is 390 g/mol. The number of hydrazone groups is 1. The van der Waals surface area contributed by atoms with Crippen molar-refractivity contribution >= 4 is 22.5 Å². The molecule has 4 aromatic rings. The van der Waals surface area contributed by atoms with Gasteiger partial charge in [-0.3, -0.25) is 4.79 Å². The second kappa shape index (κ2) is 8.67. The Kier molecular flexibility index (Phi) is 5.62. The highest BCUT2D eigenvalue weighted by molar-refractivity contribution is 6.08. The molecule has 0 saturated heterocycles. The number of carbonyl (C=O) groups is 1. The van der Waals surface area contributed by atoms with Gasteiger partial charge >= 0.3 is 0 Å². The number of phenolic OH excluding ortho intramolecular Hbond substituents is 2. The first-order valence-corrected chi connectivity index (χ1v) is 9.91. The van der Waals surface area contributed by atoms with Gasteiger partial charge in [-0.15, -0.1) is 0 Å². The van der Waals surface area contributed by atoms with Gasteiger partial charge in [-0.05, 0) is 36.8 Å². The Morgan fingerprint density at radius 3 is 2.45 bits per heavy atom. The Bertz CT molecular complexity index is 1280. The zero-order valence-corrected chi connectivity index (χ0v) is 16.9. The molecule has 1 heterocycles. The van der Waals surface area contributed by atoms with E-state index >= 15 is 0 Å². The van der Waals surface area contributed by atoms with Crippen molar-refractivity contribution in [3.8, 4) is 22.8 Å². The highest BCUT2D eigenvalue weighted by atomic mass is 16.3. The summed E-state index contributed by atoms with van der Waals surface area (Å²) in [6.45, 7) is 1.85. The quantitative estimate of drug-likeness (QED) is 0.248. The van der Waals surface area contributed by atoms with Crippen LogP contribution in [0.15, 0.2) is 84.0 Å². The predicted octanol–water partition coefficient (Wildman–Crippen LogP) is 4.86.